The summed E-state index contributed by atoms with van der Waals surface area (Å²) in [5.74, 6) is -4.16. The number of ether oxygens (including phenoxy) is 4. The third kappa shape index (κ3) is 5.83. The molecule has 0 amide bonds. The molecule has 7 rings (SSSR count). The number of rotatable bonds is 8. The van der Waals surface area contributed by atoms with E-state index in [-0.39, 0.29) is 36.5 Å². The molecular formula is C41H50O11Si. The second kappa shape index (κ2) is 13.0. The fourth-order valence-electron chi connectivity index (χ4n) is 9.68. The first-order valence-corrected chi connectivity index (χ1v) is 21.5. The molecule has 0 spiro atoms. The normalized spacial score (nSPS) is 36.1. The first kappa shape index (κ1) is 37.6. The Balaban J connectivity index is 1.51. The molecule has 12 heteroatoms. The largest absolute Gasteiger partial charge is 0.455 e. The molecule has 284 valence electrons. The summed E-state index contributed by atoms with van der Waals surface area (Å²) in [6, 6.07) is 18.0. The van der Waals surface area contributed by atoms with E-state index in [2.05, 4.69) is 0 Å². The Bertz CT molecular complexity index is 1840. The molecule has 5 aliphatic rings. The van der Waals surface area contributed by atoms with Gasteiger partial charge in [0.15, 0.2) is 17.5 Å². The van der Waals surface area contributed by atoms with E-state index in [1.165, 1.54) is 6.92 Å². The van der Waals surface area contributed by atoms with Crippen LogP contribution in [0.1, 0.15) is 70.7 Å². The van der Waals surface area contributed by atoms with Gasteiger partial charge in [0, 0.05) is 25.2 Å². The summed E-state index contributed by atoms with van der Waals surface area (Å²) >= 11 is 0. The van der Waals surface area contributed by atoms with Crippen LogP contribution in [0.5, 0.6) is 0 Å². The van der Waals surface area contributed by atoms with Gasteiger partial charge in [0.05, 0.1) is 41.6 Å². The fourth-order valence-corrected chi connectivity index (χ4v) is 11.9. The second-order valence-corrected chi connectivity index (χ2v) is 20.7. The van der Waals surface area contributed by atoms with Crippen molar-refractivity contribution in [3.63, 3.8) is 0 Å². The van der Waals surface area contributed by atoms with E-state index in [0.717, 1.165) is 5.19 Å². The number of esters is 3. The van der Waals surface area contributed by atoms with Gasteiger partial charge in [-0.2, -0.15) is 0 Å². The Morgan fingerprint density at radius 2 is 1.57 bits per heavy atom. The molecule has 4 fully saturated rings. The number of aliphatic hydroxyl groups is 2. The van der Waals surface area contributed by atoms with Crippen LogP contribution in [0.25, 0.3) is 0 Å². The fraction of sp³-hybridized carbons (Fsp3) is 0.561. The Labute approximate surface area is 311 Å². The molecule has 2 bridgehead atoms. The van der Waals surface area contributed by atoms with Gasteiger partial charge in [0.25, 0.3) is 0 Å². The number of carbonyl (C=O) groups excluding carboxylic acids is 4. The van der Waals surface area contributed by atoms with Crippen molar-refractivity contribution in [1.29, 1.82) is 0 Å². The first-order valence-electron chi connectivity index (χ1n) is 18.6. The van der Waals surface area contributed by atoms with Crippen LogP contribution in [-0.2, 0) is 37.8 Å². The lowest BCUT2D eigenvalue weighted by Crippen LogP contribution is -2.82. The average molecular weight is 747 g/mol. The van der Waals surface area contributed by atoms with Crippen LogP contribution in [0.15, 0.2) is 71.8 Å². The van der Waals surface area contributed by atoms with Gasteiger partial charge in [-0.25, -0.2) is 4.79 Å². The van der Waals surface area contributed by atoms with Crippen molar-refractivity contribution in [2.75, 3.05) is 6.61 Å². The Hall–Kier alpha value is -3.68. The van der Waals surface area contributed by atoms with Crippen LogP contribution in [0, 0.1) is 22.7 Å². The van der Waals surface area contributed by atoms with E-state index < -0.39 is 90.5 Å². The number of aliphatic hydroxyl groups excluding tert-OH is 1. The van der Waals surface area contributed by atoms with Gasteiger partial charge in [-0.05, 0) is 68.2 Å². The SMILES string of the molecule is CC(=O)O[C@@]12CO[C@@H]1C[C@H](O[Si](C)(C)c1ccccc1)[C@@]1(C)C(=O)C(OC(=O)C3CC3)C3=C(C)[C@@H](O)C[C@@](O)([C@@H](OC(=O)c4ccccc4)C12)C3(C)C. The number of Topliss-reactive ketones (excluding diaryl/α,β-unsaturated/α-hetero) is 1. The molecular weight excluding hydrogens is 697 g/mol. The Kier molecular flexibility index (Phi) is 9.21. The van der Waals surface area contributed by atoms with Crippen molar-refractivity contribution in [1.82, 2.24) is 0 Å². The molecule has 1 saturated heterocycles. The lowest BCUT2D eigenvalue weighted by atomic mass is 9.44. The van der Waals surface area contributed by atoms with Crippen LogP contribution in [0.3, 0.4) is 0 Å². The second-order valence-electron chi connectivity index (χ2n) is 16.8. The summed E-state index contributed by atoms with van der Waals surface area (Å²) in [5, 5.41) is 26.1. The summed E-state index contributed by atoms with van der Waals surface area (Å²) in [4.78, 5) is 56.9. The van der Waals surface area contributed by atoms with E-state index in [4.69, 9.17) is 23.4 Å². The van der Waals surface area contributed by atoms with Gasteiger partial charge in [-0.3, -0.25) is 14.4 Å². The number of benzene rings is 2. The van der Waals surface area contributed by atoms with E-state index in [1.807, 2.05) is 43.4 Å². The minimum absolute atomic E-state index is 0.125. The van der Waals surface area contributed by atoms with Crippen molar-refractivity contribution < 1.29 is 52.8 Å². The molecule has 4 aliphatic carbocycles. The van der Waals surface area contributed by atoms with Gasteiger partial charge in [-0.15, -0.1) is 0 Å². The number of fused-ring (bicyclic) bond motifs is 5. The number of hydrogen-bond donors (Lipinski definition) is 2. The van der Waals surface area contributed by atoms with Gasteiger partial charge < -0.3 is 33.6 Å². The highest BCUT2D eigenvalue weighted by Crippen LogP contribution is 2.65. The summed E-state index contributed by atoms with van der Waals surface area (Å²) < 4.78 is 32.4. The first-order chi connectivity index (χ1) is 24.9. The quantitative estimate of drug-likeness (QED) is 0.173. The minimum atomic E-state index is -2.85. The van der Waals surface area contributed by atoms with Crippen LogP contribution < -0.4 is 5.19 Å². The van der Waals surface area contributed by atoms with Crippen LogP contribution in [0.4, 0.5) is 0 Å². The van der Waals surface area contributed by atoms with Crippen molar-refractivity contribution in [2.45, 2.75) is 115 Å². The molecule has 0 aromatic heterocycles. The van der Waals surface area contributed by atoms with Gasteiger partial charge in [0.2, 0.25) is 8.32 Å². The third-order valence-corrected chi connectivity index (χ3v) is 15.5. The number of ketones is 1. The van der Waals surface area contributed by atoms with E-state index in [9.17, 15) is 24.6 Å². The lowest BCUT2D eigenvalue weighted by molar-refractivity contribution is -0.344. The highest BCUT2D eigenvalue weighted by Gasteiger charge is 2.78. The molecule has 11 nitrogen and oxygen atoms in total. The van der Waals surface area contributed by atoms with Crippen molar-refractivity contribution >= 4 is 37.2 Å². The Morgan fingerprint density at radius 1 is 0.943 bits per heavy atom. The molecule has 2 unspecified atom stereocenters. The number of hydrogen-bond acceptors (Lipinski definition) is 11. The maximum atomic E-state index is 16.0. The molecule has 9 atom stereocenters. The molecule has 2 aromatic carbocycles. The molecule has 3 saturated carbocycles. The van der Waals surface area contributed by atoms with Gasteiger partial charge >= 0.3 is 17.9 Å². The predicted octanol–water partition coefficient (Wildman–Crippen LogP) is 4.18. The highest BCUT2D eigenvalue weighted by atomic mass is 28.4. The lowest BCUT2D eigenvalue weighted by Gasteiger charge is -2.68. The molecule has 2 aromatic rings. The molecule has 53 heavy (non-hydrogen) atoms. The van der Waals surface area contributed by atoms with Crippen LogP contribution >= 0.6 is 0 Å². The predicted molar refractivity (Wildman–Crippen MR) is 194 cm³/mol. The maximum absolute atomic E-state index is 16.0. The smallest absolute Gasteiger partial charge is 0.338 e. The summed E-state index contributed by atoms with van der Waals surface area (Å²) in [6.45, 7) is 12.0. The standard InChI is InChI=1S/C41H50O11Si/c1-23-28(43)21-41(47)35(50-37(46)25-14-10-8-11-15-25)33-39(5,34(44)32(31(23)38(41,3)4)49-36(45)26-18-19-26)29(20-30-40(33,22-48-30)51-24(2)42)52-53(6,7)27-16-12-9-13-17-27/h8-17,26,28-30,32-33,35,43,47H,18-22H2,1-7H3/t28-,29-,30+,32?,33?,35-,39+,40-,41+/m0/s1. The Morgan fingerprint density at radius 3 is 2.13 bits per heavy atom. The molecule has 0 radical (unpaired) electrons. The van der Waals surface area contributed by atoms with Crippen LogP contribution in [0.2, 0.25) is 13.1 Å². The van der Waals surface area contributed by atoms with Gasteiger partial charge in [-0.1, -0.05) is 62.4 Å². The summed E-state index contributed by atoms with van der Waals surface area (Å²) in [5.41, 5.74) is -5.95. The van der Waals surface area contributed by atoms with Crippen molar-refractivity contribution in [2.24, 2.45) is 22.7 Å². The maximum Gasteiger partial charge on any atom is 0.338 e. The molecule has 1 heterocycles. The minimum Gasteiger partial charge on any atom is -0.455 e. The van der Waals surface area contributed by atoms with Crippen molar-refractivity contribution in [3.8, 4) is 0 Å². The number of carbonyl (C=O) groups is 4. The van der Waals surface area contributed by atoms with Gasteiger partial charge in [0.1, 0.15) is 17.8 Å². The van der Waals surface area contributed by atoms with E-state index in [0.29, 0.717) is 18.4 Å². The highest BCUT2D eigenvalue weighted by molar-refractivity contribution is 6.84. The third-order valence-electron chi connectivity index (χ3n) is 12.9. The molecule has 1 aliphatic heterocycles. The average Bonchev–Trinajstić information content (AvgIpc) is 3.96. The zero-order chi connectivity index (χ0) is 38.3. The monoisotopic (exact) mass is 746 g/mol. The summed E-state index contributed by atoms with van der Waals surface area (Å²) in [7, 11) is -2.85. The van der Waals surface area contributed by atoms with E-state index in [1.54, 1.807) is 58.0 Å². The van der Waals surface area contributed by atoms with E-state index >= 15 is 4.79 Å². The van der Waals surface area contributed by atoms with Crippen molar-refractivity contribution in [3.05, 3.63) is 77.4 Å². The zero-order valence-corrected chi connectivity index (χ0v) is 32.4. The topological polar surface area (TPSA) is 155 Å². The molecule has 2 N–H and O–H groups in total. The zero-order valence-electron chi connectivity index (χ0n) is 31.4. The summed E-state index contributed by atoms with van der Waals surface area (Å²) in [6.07, 6.45) is -5.03. The van der Waals surface area contributed by atoms with Crippen LogP contribution in [-0.4, -0.2) is 90.6 Å².